The summed E-state index contributed by atoms with van der Waals surface area (Å²) < 4.78 is 2.29. The summed E-state index contributed by atoms with van der Waals surface area (Å²) in [5.41, 5.74) is 2.15. The smallest absolute Gasteiger partial charge is 0.242 e. The Morgan fingerprint density at radius 2 is 2.04 bits per heavy atom. The van der Waals surface area contributed by atoms with Gasteiger partial charge in [-0.1, -0.05) is 36.8 Å². The maximum atomic E-state index is 12.7. The highest BCUT2D eigenvalue weighted by Crippen LogP contribution is 2.20. The Morgan fingerprint density at radius 3 is 2.79 bits per heavy atom. The molecular weight excluding hydrogens is 320 g/mol. The molecule has 0 aliphatic carbocycles. The Labute approximate surface area is 147 Å². The van der Waals surface area contributed by atoms with E-state index in [2.05, 4.69) is 17.1 Å². The first-order valence-electron chi connectivity index (χ1n) is 8.54. The van der Waals surface area contributed by atoms with E-state index in [0.29, 0.717) is 10.7 Å². The molecule has 1 aromatic heterocycles. The summed E-state index contributed by atoms with van der Waals surface area (Å²) >= 11 is 5.34. The second kappa shape index (κ2) is 7.30. The van der Waals surface area contributed by atoms with Crippen molar-refractivity contribution in [3.8, 4) is 11.4 Å². The molecule has 0 bridgehead atoms. The first-order chi connectivity index (χ1) is 11.5. The predicted molar refractivity (Wildman–Crippen MR) is 97.2 cm³/mol. The third-order valence-electron chi connectivity index (χ3n) is 4.73. The van der Waals surface area contributed by atoms with E-state index >= 15 is 0 Å². The van der Waals surface area contributed by atoms with Crippen molar-refractivity contribution in [2.24, 2.45) is 5.92 Å². The largest absolute Gasteiger partial charge is 0.341 e. The molecule has 5 nitrogen and oxygen atoms in total. The van der Waals surface area contributed by atoms with E-state index in [1.807, 2.05) is 36.1 Å². The number of amides is 1. The fourth-order valence-electron chi connectivity index (χ4n) is 3.14. The van der Waals surface area contributed by atoms with Crippen LogP contribution in [0.5, 0.6) is 0 Å². The van der Waals surface area contributed by atoms with Crippen molar-refractivity contribution in [1.82, 2.24) is 19.7 Å². The lowest BCUT2D eigenvalue weighted by molar-refractivity contribution is -0.131. The molecule has 1 saturated heterocycles. The lowest BCUT2D eigenvalue weighted by Crippen LogP contribution is -2.34. The highest BCUT2D eigenvalue weighted by atomic mass is 32.1. The molecule has 1 N–H and O–H groups in total. The van der Waals surface area contributed by atoms with Crippen LogP contribution in [0.4, 0.5) is 0 Å². The minimum Gasteiger partial charge on any atom is -0.341 e. The van der Waals surface area contributed by atoms with Crippen molar-refractivity contribution in [3.63, 3.8) is 0 Å². The van der Waals surface area contributed by atoms with E-state index < -0.39 is 0 Å². The Hall–Kier alpha value is -1.95. The molecule has 0 radical (unpaired) electrons. The summed E-state index contributed by atoms with van der Waals surface area (Å²) in [5, 5.41) is 7.14. The molecule has 128 valence electrons. The molecule has 2 heterocycles. The number of nitrogens with one attached hydrogen (secondary N) is 1. The zero-order valence-electron chi connectivity index (χ0n) is 14.3. The summed E-state index contributed by atoms with van der Waals surface area (Å²) in [6, 6.07) is 8.09. The number of carbonyl (C=O) groups is 1. The van der Waals surface area contributed by atoms with Crippen molar-refractivity contribution in [2.75, 3.05) is 13.1 Å². The van der Waals surface area contributed by atoms with Gasteiger partial charge in [-0.15, -0.1) is 0 Å². The third kappa shape index (κ3) is 3.75. The Kier molecular flexibility index (Phi) is 5.14. The van der Waals surface area contributed by atoms with Crippen molar-refractivity contribution < 1.29 is 4.79 Å². The minimum atomic E-state index is 0.120. The van der Waals surface area contributed by atoms with Crippen LogP contribution in [0.15, 0.2) is 24.3 Å². The maximum absolute atomic E-state index is 12.7. The SMILES string of the molecule is Cc1ccc(-c2n[nH]c(=S)n2CC(=O)N2CCC[C@@H](C)CC2)cc1. The lowest BCUT2D eigenvalue weighted by Gasteiger charge is -2.21. The average molecular weight is 344 g/mol. The van der Waals surface area contributed by atoms with Crippen LogP contribution in [0.25, 0.3) is 11.4 Å². The van der Waals surface area contributed by atoms with Gasteiger partial charge in [-0.3, -0.25) is 14.5 Å². The molecule has 1 aromatic carbocycles. The van der Waals surface area contributed by atoms with Gasteiger partial charge in [-0.05, 0) is 44.3 Å². The molecule has 1 fully saturated rings. The number of hydrogen-bond donors (Lipinski definition) is 1. The standard InChI is InChI=1S/C18H24N4OS/c1-13-4-3-10-21(11-9-13)16(23)12-22-17(19-20-18(22)24)15-7-5-14(2)6-8-15/h5-8,13H,3-4,9-12H2,1-2H3,(H,20,24)/t13-/m1/s1. The maximum Gasteiger partial charge on any atom is 0.242 e. The van der Waals surface area contributed by atoms with Gasteiger partial charge in [0.2, 0.25) is 5.91 Å². The van der Waals surface area contributed by atoms with Gasteiger partial charge in [-0.2, -0.15) is 5.10 Å². The van der Waals surface area contributed by atoms with E-state index in [0.717, 1.165) is 37.3 Å². The van der Waals surface area contributed by atoms with Crippen LogP contribution in [0.1, 0.15) is 31.7 Å². The van der Waals surface area contributed by atoms with Gasteiger partial charge in [0.15, 0.2) is 10.6 Å². The van der Waals surface area contributed by atoms with Gasteiger partial charge in [0.05, 0.1) is 0 Å². The number of carbonyl (C=O) groups excluding carboxylic acids is 1. The molecule has 1 aliphatic heterocycles. The fourth-order valence-corrected chi connectivity index (χ4v) is 3.33. The molecule has 1 atom stereocenters. The summed E-state index contributed by atoms with van der Waals surface area (Å²) in [6.45, 7) is 6.23. The van der Waals surface area contributed by atoms with Gasteiger partial charge < -0.3 is 4.90 Å². The van der Waals surface area contributed by atoms with E-state index in [-0.39, 0.29) is 12.5 Å². The first kappa shape index (κ1) is 16.9. The number of likely N-dealkylation sites (tertiary alicyclic amines) is 1. The van der Waals surface area contributed by atoms with Crippen LogP contribution >= 0.6 is 12.2 Å². The summed E-state index contributed by atoms with van der Waals surface area (Å²) in [4.78, 5) is 14.7. The molecule has 1 amide bonds. The number of nitrogens with zero attached hydrogens (tertiary/aromatic N) is 3. The van der Waals surface area contributed by atoms with Crippen LogP contribution in [0.2, 0.25) is 0 Å². The lowest BCUT2D eigenvalue weighted by atomic mass is 10.0. The zero-order valence-corrected chi connectivity index (χ0v) is 15.1. The number of rotatable bonds is 3. The Morgan fingerprint density at radius 1 is 1.29 bits per heavy atom. The summed E-state index contributed by atoms with van der Waals surface area (Å²) in [7, 11) is 0. The normalized spacial score (nSPS) is 18.4. The van der Waals surface area contributed by atoms with E-state index in [4.69, 9.17) is 12.2 Å². The molecule has 2 aromatic rings. The van der Waals surface area contributed by atoms with E-state index in [1.165, 1.54) is 12.0 Å². The molecule has 0 unspecified atom stereocenters. The number of aromatic nitrogens is 3. The molecule has 0 spiro atoms. The topological polar surface area (TPSA) is 53.9 Å². The highest BCUT2D eigenvalue weighted by Gasteiger charge is 2.20. The van der Waals surface area contributed by atoms with E-state index in [9.17, 15) is 4.79 Å². The molecular formula is C18H24N4OS. The highest BCUT2D eigenvalue weighted by molar-refractivity contribution is 7.71. The van der Waals surface area contributed by atoms with Gasteiger partial charge in [0.1, 0.15) is 6.54 Å². The Balaban J connectivity index is 1.80. The van der Waals surface area contributed by atoms with Gasteiger partial charge in [0.25, 0.3) is 0 Å². The quantitative estimate of drug-likeness (QED) is 0.866. The van der Waals surface area contributed by atoms with Crippen LogP contribution in [-0.4, -0.2) is 38.7 Å². The monoisotopic (exact) mass is 344 g/mol. The molecule has 24 heavy (non-hydrogen) atoms. The van der Waals surface area contributed by atoms with Crippen molar-refractivity contribution in [2.45, 2.75) is 39.7 Å². The van der Waals surface area contributed by atoms with Gasteiger partial charge in [0, 0.05) is 18.7 Å². The predicted octanol–water partition coefficient (Wildman–Crippen LogP) is 3.56. The van der Waals surface area contributed by atoms with Crippen LogP contribution in [0, 0.1) is 17.6 Å². The van der Waals surface area contributed by atoms with Gasteiger partial charge in [-0.25, -0.2) is 0 Å². The average Bonchev–Trinajstić information content (AvgIpc) is 2.78. The molecule has 6 heteroatoms. The Bertz CT molecular complexity index is 762. The number of hydrogen-bond acceptors (Lipinski definition) is 3. The number of aromatic amines is 1. The van der Waals surface area contributed by atoms with Crippen LogP contribution in [0.3, 0.4) is 0 Å². The number of aryl methyl sites for hydroxylation is 1. The number of benzene rings is 1. The van der Waals surface area contributed by atoms with E-state index in [1.54, 1.807) is 4.57 Å². The summed E-state index contributed by atoms with van der Waals surface area (Å²) in [6.07, 6.45) is 3.35. The van der Waals surface area contributed by atoms with Gasteiger partial charge >= 0.3 is 0 Å². The van der Waals surface area contributed by atoms with Crippen molar-refractivity contribution >= 4 is 18.1 Å². The zero-order chi connectivity index (χ0) is 17.1. The molecule has 0 saturated carbocycles. The van der Waals surface area contributed by atoms with Crippen LogP contribution < -0.4 is 0 Å². The molecule has 1 aliphatic rings. The second-order valence-corrected chi connectivity index (χ2v) is 7.11. The molecule has 3 rings (SSSR count). The summed E-state index contributed by atoms with van der Waals surface area (Å²) in [5.74, 6) is 1.54. The van der Waals surface area contributed by atoms with Crippen molar-refractivity contribution in [3.05, 3.63) is 34.6 Å². The van der Waals surface area contributed by atoms with Crippen molar-refractivity contribution in [1.29, 1.82) is 0 Å². The minimum absolute atomic E-state index is 0.120. The second-order valence-electron chi connectivity index (χ2n) is 6.72. The third-order valence-corrected chi connectivity index (χ3v) is 5.04. The fraction of sp³-hybridized carbons (Fsp3) is 0.500. The van der Waals surface area contributed by atoms with Crippen LogP contribution in [-0.2, 0) is 11.3 Å². The first-order valence-corrected chi connectivity index (χ1v) is 8.95. The number of H-pyrrole nitrogens is 1.